The van der Waals surface area contributed by atoms with Gasteiger partial charge in [-0.2, -0.15) is 0 Å². The minimum atomic E-state index is 0.701. The van der Waals surface area contributed by atoms with Crippen LogP contribution in [0, 0.1) is 6.92 Å². The Morgan fingerprint density at radius 2 is 1.85 bits per heavy atom. The van der Waals surface area contributed by atoms with Gasteiger partial charge in [-0.3, -0.25) is 4.40 Å². The zero-order valence-electron chi connectivity index (χ0n) is 11.9. The molecule has 0 spiro atoms. The molecule has 0 bridgehead atoms. The molecule has 20 heavy (non-hydrogen) atoms. The SMILES string of the molecule is CCCc1ccc(-c2nc3ccc(C)cn3c2N)cc1. The maximum absolute atomic E-state index is 6.24. The van der Waals surface area contributed by atoms with Crippen LogP contribution in [-0.2, 0) is 6.42 Å². The minimum absolute atomic E-state index is 0.701. The number of nitrogens with zero attached hydrogens (tertiary/aromatic N) is 2. The highest BCUT2D eigenvalue weighted by molar-refractivity contribution is 5.75. The Labute approximate surface area is 119 Å². The number of nitrogen functional groups attached to an aromatic ring is 1. The van der Waals surface area contributed by atoms with Crippen molar-refractivity contribution in [1.82, 2.24) is 9.38 Å². The van der Waals surface area contributed by atoms with Gasteiger partial charge in [0, 0.05) is 11.8 Å². The Bertz CT molecular complexity index is 739. The zero-order valence-corrected chi connectivity index (χ0v) is 11.9. The Balaban J connectivity index is 2.07. The number of hydrogen-bond donors (Lipinski definition) is 1. The van der Waals surface area contributed by atoms with Gasteiger partial charge in [-0.1, -0.05) is 43.7 Å². The van der Waals surface area contributed by atoms with Gasteiger partial charge in [0.1, 0.15) is 17.2 Å². The molecule has 0 aliphatic heterocycles. The van der Waals surface area contributed by atoms with Crippen molar-refractivity contribution in [2.45, 2.75) is 26.7 Å². The molecule has 0 radical (unpaired) electrons. The summed E-state index contributed by atoms with van der Waals surface area (Å²) >= 11 is 0. The van der Waals surface area contributed by atoms with Crippen LogP contribution in [0.2, 0.25) is 0 Å². The molecule has 2 N–H and O–H groups in total. The van der Waals surface area contributed by atoms with Gasteiger partial charge in [-0.25, -0.2) is 4.98 Å². The summed E-state index contributed by atoms with van der Waals surface area (Å²) in [6.07, 6.45) is 4.29. The van der Waals surface area contributed by atoms with Gasteiger partial charge in [0.05, 0.1) is 0 Å². The van der Waals surface area contributed by atoms with Crippen LogP contribution < -0.4 is 5.73 Å². The average Bonchev–Trinajstić information content (AvgIpc) is 2.77. The number of nitrogens with two attached hydrogens (primary N) is 1. The normalized spacial score (nSPS) is 11.1. The summed E-state index contributed by atoms with van der Waals surface area (Å²) in [6.45, 7) is 4.24. The molecule has 2 aromatic heterocycles. The Morgan fingerprint density at radius 3 is 2.55 bits per heavy atom. The van der Waals surface area contributed by atoms with Gasteiger partial charge in [0.15, 0.2) is 0 Å². The summed E-state index contributed by atoms with van der Waals surface area (Å²) in [4.78, 5) is 4.64. The Hall–Kier alpha value is -2.29. The number of pyridine rings is 1. The first kappa shape index (κ1) is 12.7. The molecule has 0 saturated carbocycles. The predicted molar refractivity (Wildman–Crippen MR) is 83.8 cm³/mol. The smallest absolute Gasteiger partial charge is 0.139 e. The third-order valence-electron chi connectivity index (χ3n) is 3.57. The first-order valence-corrected chi connectivity index (χ1v) is 7.02. The van der Waals surface area contributed by atoms with Gasteiger partial charge < -0.3 is 5.73 Å². The van der Waals surface area contributed by atoms with Crippen LogP contribution in [0.4, 0.5) is 5.82 Å². The highest BCUT2D eigenvalue weighted by atomic mass is 15.1. The van der Waals surface area contributed by atoms with E-state index in [1.54, 1.807) is 0 Å². The van der Waals surface area contributed by atoms with Crippen LogP contribution >= 0.6 is 0 Å². The highest BCUT2D eigenvalue weighted by Gasteiger charge is 2.11. The average molecular weight is 265 g/mol. The number of anilines is 1. The molecule has 0 saturated heterocycles. The summed E-state index contributed by atoms with van der Waals surface area (Å²) in [5.74, 6) is 0.701. The molecule has 3 heteroatoms. The molecule has 1 aromatic carbocycles. The summed E-state index contributed by atoms with van der Waals surface area (Å²) in [6, 6.07) is 12.6. The van der Waals surface area contributed by atoms with Crippen molar-refractivity contribution in [3.8, 4) is 11.3 Å². The van der Waals surface area contributed by atoms with Crippen LogP contribution in [0.25, 0.3) is 16.9 Å². The maximum atomic E-state index is 6.24. The number of fused-ring (bicyclic) bond motifs is 1. The molecular weight excluding hydrogens is 246 g/mol. The number of imidazole rings is 1. The monoisotopic (exact) mass is 265 g/mol. The van der Waals surface area contributed by atoms with E-state index < -0.39 is 0 Å². The lowest BCUT2D eigenvalue weighted by Gasteiger charge is -2.02. The number of hydrogen-bond acceptors (Lipinski definition) is 2. The van der Waals surface area contributed by atoms with Crippen LogP contribution in [0.5, 0.6) is 0 Å². The molecule has 3 rings (SSSR count). The fraction of sp³-hybridized carbons (Fsp3) is 0.235. The maximum Gasteiger partial charge on any atom is 0.139 e. The number of aryl methyl sites for hydroxylation is 2. The summed E-state index contributed by atoms with van der Waals surface area (Å²) < 4.78 is 1.95. The van der Waals surface area contributed by atoms with Crippen molar-refractivity contribution in [2.75, 3.05) is 5.73 Å². The Kier molecular flexibility index (Phi) is 3.18. The summed E-state index contributed by atoms with van der Waals surface area (Å²) in [5, 5.41) is 0. The van der Waals surface area contributed by atoms with E-state index in [1.807, 2.05) is 16.7 Å². The van der Waals surface area contributed by atoms with E-state index in [0.29, 0.717) is 5.82 Å². The van der Waals surface area contributed by atoms with E-state index in [2.05, 4.69) is 49.2 Å². The van der Waals surface area contributed by atoms with Crippen LogP contribution in [0.3, 0.4) is 0 Å². The van der Waals surface area contributed by atoms with Gasteiger partial charge >= 0.3 is 0 Å². The van der Waals surface area contributed by atoms with Crippen LogP contribution in [-0.4, -0.2) is 9.38 Å². The lowest BCUT2D eigenvalue weighted by Crippen LogP contribution is -1.94. The lowest BCUT2D eigenvalue weighted by molar-refractivity contribution is 0.922. The third kappa shape index (κ3) is 2.16. The second-order valence-electron chi connectivity index (χ2n) is 5.23. The molecule has 0 fully saturated rings. The number of benzene rings is 1. The van der Waals surface area contributed by atoms with Crippen LogP contribution in [0.1, 0.15) is 24.5 Å². The largest absolute Gasteiger partial charge is 0.383 e. The van der Waals surface area contributed by atoms with Crippen LogP contribution in [0.15, 0.2) is 42.6 Å². The zero-order chi connectivity index (χ0) is 14.1. The van der Waals surface area contributed by atoms with Crippen molar-refractivity contribution < 1.29 is 0 Å². The fourth-order valence-electron chi connectivity index (χ4n) is 2.50. The van der Waals surface area contributed by atoms with Crippen molar-refractivity contribution >= 4 is 11.5 Å². The molecule has 0 unspecified atom stereocenters. The lowest BCUT2D eigenvalue weighted by atomic mass is 10.1. The van der Waals surface area contributed by atoms with Gasteiger partial charge in [0.25, 0.3) is 0 Å². The van der Waals surface area contributed by atoms with Gasteiger partial charge in [-0.05, 0) is 30.5 Å². The molecule has 0 amide bonds. The topological polar surface area (TPSA) is 43.3 Å². The Morgan fingerprint density at radius 1 is 1.10 bits per heavy atom. The molecule has 3 aromatic rings. The summed E-state index contributed by atoms with van der Waals surface area (Å²) in [7, 11) is 0. The first-order valence-electron chi connectivity index (χ1n) is 7.02. The first-order chi connectivity index (χ1) is 9.69. The molecular formula is C17H19N3. The predicted octanol–water partition coefficient (Wildman–Crippen LogP) is 3.84. The van der Waals surface area contributed by atoms with Crippen molar-refractivity contribution in [3.05, 3.63) is 53.7 Å². The molecule has 3 nitrogen and oxygen atoms in total. The van der Waals surface area contributed by atoms with E-state index in [4.69, 9.17) is 5.73 Å². The van der Waals surface area contributed by atoms with E-state index in [9.17, 15) is 0 Å². The molecule has 2 heterocycles. The number of rotatable bonds is 3. The highest BCUT2D eigenvalue weighted by Crippen LogP contribution is 2.27. The second kappa shape index (κ2) is 5.00. The van der Waals surface area contributed by atoms with Gasteiger partial charge in [0.2, 0.25) is 0 Å². The summed E-state index contributed by atoms with van der Waals surface area (Å²) in [5.41, 5.74) is 11.6. The van der Waals surface area contributed by atoms with E-state index in [0.717, 1.165) is 29.7 Å². The molecule has 0 aliphatic carbocycles. The molecule has 0 aliphatic rings. The fourth-order valence-corrected chi connectivity index (χ4v) is 2.50. The quantitative estimate of drug-likeness (QED) is 0.781. The van der Waals surface area contributed by atoms with E-state index in [1.165, 1.54) is 11.1 Å². The molecule has 102 valence electrons. The van der Waals surface area contributed by atoms with E-state index >= 15 is 0 Å². The number of aromatic nitrogens is 2. The molecule has 0 atom stereocenters. The third-order valence-corrected chi connectivity index (χ3v) is 3.57. The van der Waals surface area contributed by atoms with Gasteiger partial charge in [-0.15, -0.1) is 0 Å². The van der Waals surface area contributed by atoms with Crippen molar-refractivity contribution in [2.24, 2.45) is 0 Å². The van der Waals surface area contributed by atoms with E-state index in [-0.39, 0.29) is 0 Å². The standard InChI is InChI=1S/C17H19N3/c1-3-4-13-6-8-14(9-7-13)16-17(18)20-11-12(2)5-10-15(20)19-16/h5-11H,3-4,18H2,1-2H3. The van der Waals surface area contributed by atoms with Crippen molar-refractivity contribution in [1.29, 1.82) is 0 Å². The van der Waals surface area contributed by atoms with Crippen molar-refractivity contribution in [3.63, 3.8) is 0 Å². The minimum Gasteiger partial charge on any atom is -0.383 e. The second-order valence-corrected chi connectivity index (χ2v) is 5.23.